The number of rotatable bonds is 8. The molecule has 0 spiro atoms. The number of hydrogen-bond donors (Lipinski definition) is 1. The highest BCUT2D eigenvalue weighted by molar-refractivity contribution is 6.03. The van der Waals surface area contributed by atoms with Gasteiger partial charge in [0.25, 0.3) is 5.91 Å². The zero-order valence-electron chi connectivity index (χ0n) is 26.6. The van der Waals surface area contributed by atoms with Gasteiger partial charge in [-0.2, -0.15) is 0 Å². The number of nitrogens with zero attached hydrogens (tertiary/aromatic N) is 7. The van der Waals surface area contributed by atoms with Crippen molar-refractivity contribution in [1.82, 2.24) is 34.8 Å². The summed E-state index contributed by atoms with van der Waals surface area (Å²) in [4.78, 5) is 39.6. The van der Waals surface area contributed by atoms with Crippen LogP contribution in [0, 0.1) is 11.6 Å². The van der Waals surface area contributed by atoms with E-state index in [1.807, 2.05) is 17.0 Å². The molecule has 3 aliphatic heterocycles. The van der Waals surface area contributed by atoms with Crippen molar-refractivity contribution in [3.8, 4) is 5.75 Å². The molecule has 1 fully saturated rings. The topological polar surface area (TPSA) is 122 Å². The maximum Gasteiger partial charge on any atom is 0.270 e. The van der Waals surface area contributed by atoms with Gasteiger partial charge >= 0.3 is 0 Å². The number of benzene rings is 1. The van der Waals surface area contributed by atoms with Crippen molar-refractivity contribution in [2.75, 3.05) is 57.9 Å². The number of ether oxygens (including phenoxy) is 2. The third-order valence-corrected chi connectivity index (χ3v) is 9.12. The lowest BCUT2D eigenvalue weighted by molar-refractivity contribution is -0.131. The van der Waals surface area contributed by atoms with Gasteiger partial charge in [0.15, 0.2) is 17.4 Å². The first-order valence-electron chi connectivity index (χ1n) is 16.1. The number of nitrogens with one attached hydrogen (secondary N) is 1. The molecule has 1 saturated heterocycles. The number of amides is 2. The smallest absolute Gasteiger partial charge is 0.270 e. The number of aryl methyl sites for hydroxylation is 1. The summed E-state index contributed by atoms with van der Waals surface area (Å²) in [6.07, 6.45) is 10.6. The quantitative estimate of drug-likeness (QED) is 0.298. The Kier molecular flexibility index (Phi) is 8.78. The highest BCUT2D eigenvalue weighted by Crippen LogP contribution is 2.37. The van der Waals surface area contributed by atoms with Gasteiger partial charge in [-0.25, -0.2) is 13.8 Å². The van der Waals surface area contributed by atoms with E-state index in [1.54, 1.807) is 39.2 Å². The summed E-state index contributed by atoms with van der Waals surface area (Å²) in [6, 6.07) is 4.84. The van der Waals surface area contributed by atoms with Gasteiger partial charge in [-0.15, -0.1) is 5.10 Å². The fourth-order valence-electron chi connectivity index (χ4n) is 6.60. The average molecular weight is 659 g/mol. The van der Waals surface area contributed by atoms with Crippen LogP contribution in [-0.4, -0.2) is 99.6 Å². The van der Waals surface area contributed by atoms with Gasteiger partial charge < -0.3 is 29.2 Å². The van der Waals surface area contributed by atoms with Crippen LogP contribution in [0.4, 0.5) is 14.6 Å². The minimum Gasteiger partial charge on any atom is -0.501 e. The maximum atomic E-state index is 16.5. The number of halogens is 2. The molecule has 0 aliphatic carbocycles. The number of pyridine rings is 1. The van der Waals surface area contributed by atoms with Crippen LogP contribution in [0.3, 0.4) is 0 Å². The molecule has 3 aromatic heterocycles. The zero-order valence-corrected chi connectivity index (χ0v) is 26.6. The number of aromatic amines is 1. The van der Waals surface area contributed by atoms with Gasteiger partial charge in [0.1, 0.15) is 11.5 Å². The molecule has 1 aromatic carbocycles. The Labute approximate surface area is 275 Å². The summed E-state index contributed by atoms with van der Waals surface area (Å²) < 4.78 is 42.8. The van der Waals surface area contributed by atoms with E-state index in [0.717, 1.165) is 35.7 Å². The van der Waals surface area contributed by atoms with E-state index in [-0.39, 0.29) is 36.0 Å². The number of aromatic nitrogens is 5. The minimum absolute atomic E-state index is 0.0392. The summed E-state index contributed by atoms with van der Waals surface area (Å²) in [5.74, 6) is -0.385. The molecular weight excluding hydrogens is 622 g/mol. The van der Waals surface area contributed by atoms with Gasteiger partial charge in [-0.3, -0.25) is 14.3 Å². The van der Waals surface area contributed by atoms with Crippen LogP contribution in [0.1, 0.15) is 47.3 Å². The summed E-state index contributed by atoms with van der Waals surface area (Å²) in [5, 5.41) is 8.32. The lowest BCUT2D eigenvalue weighted by Crippen LogP contribution is -2.49. The first kappa shape index (κ1) is 31.3. The summed E-state index contributed by atoms with van der Waals surface area (Å²) in [7, 11) is 1.47. The van der Waals surface area contributed by atoms with Crippen molar-refractivity contribution in [3.05, 3.63) is 77.6 Å². The van der Waals surface area contributed by atoms with Crippen molar-refractivity contribution in [2.24, 2.45) is 0 Å². The largest absolute Gasteiger partial charge is 0.501 e. The Morgan fingerprint density at radius 3 is 2.65 bits per heavy atom. The lowest BCUT2D eigenvalue weighted by atomic mass is 9.91. The fourth-order valence-corrected chi connectivity index (χ4v) is 6.60. The molecule has 2 amide bonds. The van der Waals surface area contributed by atoms with Gasteiger partial charge in [0, 0.05) is 68.9 Å². The van der Waals surface area contributed by atoms with E-state index in [0.29, 0.717) is 74.8 Å². The average Bonchev–Trinajstić information content (AvgIpc) is 3.82. The van der Waals surface area contributed by atoms with Gasteiger partial charge in [-0.1, -0.05) is 11.3 Å². The predicted molar refractivity (Wildman–Crippen MR) is 174 cm³/mol. The van der Waals surface area contributed by atoms with E-state index in [2.05, 4.69) is 20.3 Å². The van der Waals surface area contributed by atoms with Crippen LogP contribution >= 0.6 is 0 Å². The second-order valence-electron chi connectivity index (χ2n) is 12.1. The lowest BCUT2D eigenvalue weighted by Gasteiger charge is -2.35. The molecular formula is C34H36F2N8O4. The molecule has 0 saturated carbocycles. The molecule has 250 valence electrons. The number of fused-ring (bicyclic) bond motifs is 1. The summed E-state index contributed by atoms with van der Waals surface area (Å²) in [6.45, 7) is 3.58. The maximum absolute atomic E-state index is 16.5. The Hall–Kier alpha value is -5.27. The van der Waals surface area contributed by atoms with Crippen molar-refractivity contribution >= 4 is 39.7 Å². The molecule has 1 N–H and O–H groups in total. The SMILES string of the molecule is COc1cc(F)cnc1N1CCN(C(=O)c2cc3c(C4=COCCC4)cc(C4=CCCN(C(=O)CCn5ccnn5)C4)c(F)c3[nH]2)CC1. The first-order chi connectivity index (χ1) is 23.4. The first-order valence-corrected chi connectivity index (χ1v) is 16.1. The van der Waals surface area contributed by atoms with Crippen LogP contribution < -0.4 is 9.64 Å². The molecule has 12 nitrogen and oxygen atoms in total. The normalized spacial score (nSPS) is 16.9. The molecule has 48 heavy (non-hydrogen) atoms. The van der Waals surface area contributed by atoms with Crippen LogP contribution in [-0.2, 0) is 16.1 Å². The minimum atomic E-state index is -0.487. The molecule has 0 unspecified atom stereocenters. The van der Waals surface area contributed by atoms with Gasteiger partial charge in [0.05, 0.1) is 44.4 Å². The Bertz CT molecular complexity index is 1900. The molecule has 7 rings (SSSR count). The van der Waals surface area contributed by atoms with Crippen molar-refractivity contribution < 1.29 is 27.8 Å². The van der Waals surface area contributed by atoms with Crippen molar-refractivity contribution in [1.29, 1.82) is 0 Å². The number of allylic oxidation sites excluding steroid dienone is 1. The third kappa shape index (κ3) is 6.21. The van der Waals surface area contributed by atoms with E-state index >= 15 is 4.39 Å². The van der Waals surface area contributed by atoms with Crippen molar-refractivity contribution in [2.45, 2.75) is 32.2 Å². The second kappa shape index (κ2) is 13.5. The van der Waals surface area contributed by atoms with E-state index in [4.69, 9.17) is 9.47 Å². The molecule has 0 bridgehead atoms. The van der Waals surface area contributed by atoms with E-state index in [1.165, 1.54) is 13.2 Å². The van der Waals surface area contributed by atoms with Crippen LogP contribution in [0.5, 0.6) is 5.75 Å². The molecule has 0 radical (unpaired) electrons. The number of methoxy groups -OCH3 is 1. The summed E-state index contributed by atoms with van der Waals surface area (Å²) in [5.41, 5.74) is 3.37. The Morgan fingerprint density at radius 1 is 1.04 bits per heavy atom. The fraction of sp³-hybridized carbons (Fsp3) is 0.382. The van der Waals surface area contributed by atoms with Crippen LogP contribution in [0.2, 0.25) is 0 Å². The summed E-state index contributed by atoms with van der Waals surface area (Å²) >= 11 is 0. The van der Waals surface area contributed by atoms with Crippen LogP contribution in [0.25, 0.3) is 22.0 Å². The number of carbonyl (C=O) groups excluding carboxylic acids is 2. The second-order valence-corrected chi connectivity index (χ2v) is 12.1. The number of carbonyl (C=O) groups is 2. The Balaban J connectivity index is 1.14. The number of H-pyrrole nitrogens is 1. The molecule has 3 aliphatic rings. The molecule has 0 atom stereocenters. The molecule has 4 aromatic rings. The predicted octanol–water partition coefficient (Wildman–Crippen LogP) is 4.26. The molecule has 14 heteroatoms. The van der Waals surface area contributed by atoms with Crippen molar-refractivity contribution in [3.63, 3.8) is 0 Å². The third-order valence-electron chi connectivity index (χ3n) is 9.12. The highest BCUT2D eigenvalue weighted by atomic mass is 19.1. The number of anilines is 1. The Morgan fingerprint density at radius 2 is 1.90 bits per heavy atom. The zero-order chi connectivity index (χ0) is 33.2. The number of piperazine rings is 1. The standard InChI is InChI=1S/C34H36F2N8O4/c1-47-29-16-24(35)19-37-33(29)41-11-13-42(14-12-41)34(46)28-18-27-25(23-5-3-15-48-21-23)17-26(31(36)32(27)39-28)22-4-2-8-43(20-22)30(45)6-9-44-10-7-38-40-44/h4,7,10,16-19,21,39H,2-3,5-6,8-9,11-15,20H2,1H3. The van der Waals surface area contributed by atoms with Gasteiger partial charge in [0.2, 0.25) is 5.91 Å². The number of hydrogen-bond acceptors (Lipinski definition) is 8. The van der Waals surface area contributed by atoms with E-state index in [9.17, 15) is 14.0 Å². The molecule has 6 heterocycles. The van der Waals surface area contributed by atoms with Gasteiger partial charge in [-0.05, 0) is 48.1 Å². The van der Waals surface area contributed by atoms with E-state index < -0.39 is 11.6 Å². The monoisotopic (exact) mass is 658 g/mol. The van der Waals surface area contributed by atoms with Crippen LogP contribution in [0.15, 0.2) is 49.1 Å². The highest BCUT2D eigenvalue weighted by Gasteiger charge is 2.29.